The summed E-state index contributed by atoms with van der Waals surface area (Å²) in [5, 5.41) is 0. The maximum atomic E-state index is 11.2. The first kappa shape index (κ1) is 24.1. The van der Waals surface area contributed by atoms with E-state index >= 15 is 0 Å². The van der Waals surface area contributed by atoms with Crippen molar-refractivity contribution in [3.63, 3.8) is 0 Å². The van der Waals surface area contributed by atoms with Gasteiger partial charge in [-0.05, 0) is 46.6 Å². The molecule has 1 saturated heterocycles. The van der Waals surface area contributed by atoms with E-state index in [4.69, 9.17) is 4.74 Å². The van der Waals surface area contributed by atoms with Crippen LogP contribution in [0.2, 0.25) is 0 Å². The van der Waals surface area contributed by atoms with E-state index < -0.39 is 0 Å². The predicted molar refractivity (Wildman–Crippen MR) is 112 cm³/mol. The van der Waals surface area contributed by atoms with E-state index in [0.29, 0.717) is 17.9 Å². The van der Waals surface area contributed by atoms with Gasteiger partial charge < -0.3 is 9.53 Å². The number of hydrogen-bond donors (Lipinski definition) is 0. The topological polar surface area (TPSA) is 46.6 Å². The Labute approximate surface area is 167 Å². The molecule has 0 radical (unpaired) electrons. The van der Waals surface area contributed by atoms with Gasteiger partial charge in [-0.2, -0.15) is 0 Å². The Morgan fingerprint density at radius 1 is 0.852 bits per heavy atom. The van der Waals surface area contributed by atoms with Crippen molar-refractivity contribution in [3.05, 3.63) is 0 Å². The highest BCUT2D eigenvalue weighted by Crippen LogP contribution is 2.27. The van der Waals surface area contributed by atoms with E-state index in [0.717, 1.165) is 25.7 Å². The van der Waals surface area contributed by atoms with Gasteiger partial charge >= 0.3 is 5.97 Å². The summed E-state index contributed by atoms with van der Waals surface area (Å²) >= 11 is 0. The van der Waals surface area contributed by atoms with Crippen molar-refractivity contribution in [2.24, 2.45) is 0 Å². The molecule has 158 valence electrons. The number of unbranched alkanes of at least 4 members (excludes halogenated alkanes) is 9. The zero-order valence-electron chi connectivity index (χ0n) is 18.3. The number of carbonyl (C=O) groups excluding carboxylic acids is 2. The molecule has 1 aliphatic rings. The second-order valence-electron chi connectivity index (χ2n) is 8.56. The molecular weight excluding hydrogens is 338 g/mol. The first-order chi connectivity index (χ1) is 12.9. The molecule has 1 fully saturated rings. The van der Waals surface area contributed by atoms with Gasteiger partial charge in [-0.25, -0.2) is 0 Å². The van der Waals surface area contributed by atoms with Crippen molar-refractivity contribution >= 4 is 11.8 Å². The van der Waals surface area contributed by atoms with Crippen molar-refractivity contribution in [2.45, 2.75) is 129 Å². The van der Waals surface area contributed by atoms with Crippen molar-refractivity contribution in [1.82, 2.24) is 4.90 Å². The number of piperidine rings is 1. The Balaban J connectivity index is 1.96. The number of esters is 1. The molecule has 0 aromatic rings. The van der Waals surface area contributed by atoms with Crippen molar-refractivity contribution < 1.29 is 14.3 Å². The Kier molecular flexibility index (Phi) is 12.6. The number of nitrogens with zero attached hydrogens (tertiary/aromatic N) is 1. The van der Waals surface area contributed by atoms with Crippen LogP contribution in [0.5, 0.6) is 0 Å². The zero-order chi connectivity index (χ0) is 20.1. The second kappa shape index (κ2) is 14.1. The van der Waals surface area contributed by atoms with Gasteiger partial charge in [0.15, 0.2) is 0 Å². The fourth-order valence-corrected chi connectivity index (χ4v) is 4.28. The summed E-state index contributed by atoms with van der Waals surface area (Å²) < 4.78 is 5.45. The quantitative estimate of drug-likeness (QED) is 0.287. The van der Waals surface area contributed by atoms with Gasteiger partial charge in [0.05, 0.1) is 0 Å². The lowest BCUT2D eigenvalue weighted by molar-refractivity contribution is -0.153. The Hall–Kier alpha value is -0.900. The summed E-state index contributed by atoms with van der Waals surface area (Å²) in [7, 11) is 2.18. The molecule has 0 saturated carbocycles. The summed E-state index contributed by atoms with van der Waals surface area (Å²) in [6.45, 7) is 5.37. The monoisotopic (exact) mass is 381 g/mol. The standard InChI is InChI=1S/C23H43NO3/c1-19(25)15-13-11-9-7-5-6-8-10-12-14-16-22-17-18-23(27-21(3)26)20(2)24(22)4/h20,22-23H,5-18H2,1-4H3/t20-,22+,23-/m1/s1. The number of ketones is 1. The molecule has 0 N–H and O–H groups in total. The molecule has 0 aromatic heterocycles. The molecule has 0 spiro atoms. The average molecular weight is 382 g/mol. The smallest absolute Gasteiger partial charge is 0.302 e. The molecule has 0 amide bonds. The van der Waals surface area contributed by atoms with Gasteiger partial charge in [-0.3, -0.25) is 9.69 Å². The maximum absolute atomic E-state index is 11.2. The third-order valence-corrected chi connectivity index (χ3v) is 6.17. The second-order valence-corrected chi connectivity index (χ2v) is 8.56. The Morgan fingerprint density at radius 3 is 1.89 bits per heavy atom. The van der Waals surface area contributed by atoms with Crippen molar-refractivity contribution in [3.8, 4) is 0 Å². The molecule has 0 aromatic carbocycles. The van der Waals surface area contributed by atoms with Crippen LogP contribution < -0.4 is 0 Å². The number of likely N-dealkylation sites (tertiary alicyclic amines) is 1. The van der Waals surface area contributed by atoms with Crippen LogP contribution in [0.25, 0.3) is 0 Å². The Morgan fingerprint density at radius 2 is 1.37 bits per heavy atom. The molecule has 4 heteroatoms. The molecule has 4 nitrogen and oxygen atoms in total. The normalized spacial score (nSPS) is 23.3. The van der Waals surface area contributed by atoms with Gasteiger partial charge in [0.25, 0.3) is 0 Å². The van der Waals surface area contributed by atoms with Crippen molar-refractivity contribution in [2.75, 3.05) is 7.05 Å². The SMILES string of the molecule is CC(=O)CCCCCCCCCCCC[C@H]1CC[C@@H](OC(C)=O)[C@@H](C)N1C. The lowest BCUT2D eigenvalue weighted by Gasteiger charge is -2.42. The molecule has 0 aliphatic carbocycles. The van der Waals surface area contributed by atoms with Crippen LogP contribution in [-0.2, 0) is 14.3 Å². The molecule has 0 bridgehead atoms. The third-order valence-electron chi connectivity index (χ3n) is 6.17. The number of rotatable bonds is 14. The van der Waals surface area contributed by atoms with Crippen molar-refractivity contribution in [1.29, 1.82) is 0 Å². The van der Waals surface area contributed by atoms with Crippen LogP contribution in [-0.4, -0.2) is 41.9 Å². The summed E-state index contributed by atoms with van der Waals surface area (Å²) in [6, 6.07) is 0.963. The third kappa shape index (κ3) is 10.9. The van der Waals surface area contributed by atoms with Gasteiger partial charge in [-0.1, -0.05) is 57.8 Å². The average Bonchev–Trinajstić information content (AvgIpc) is 2.61. The van der Waals surface area contributed by atoms with E-state index in [1.54, 1.807) is 6.92 Å². The van der Waals surface area contributed by atoms with Gasteiger partial charge in [0.2, 0.25) is 0 Å². The largest absolute Gasteiger partial charge is 0.461 e. The summed E-state index contributed by atoms with van der Waals surface area (Å²) in [5.74, 6) is 0.169. The van der Waals surface area contributed by atoms with E-state index in [2.05, 4.69) is 18.9 Å². The number of carbonyl (C=O) groups is 2. The highest BCUT2D eigenvalue weighted by atomic mass is 16.5. The summed E-state index contributed by atoms with van der Waals surface area (Å²) in [4.78, 5) is 24.5. The first-order valence-electron chi connectivity index (χ1n) is 11.3. The van der Waals surface area contributed by atoms with Gasteiger partial charge in [-0.15, -0.1) is 0 Å². The highest BCUT2D eigenvalue weighted by molar-refractivity contribution is 5.75. The zero-order valence-corrected chi connectivity index (χ0v) is 18.3. The maximum Gasteiger partial charge on any atom is 0.302 e. The lowest BCUT2D eigenvalue weighted by Crippen LogP contribution is -2.51. The highest BCUT2D eigenvalue weighted by Gasteiger charge is 2.33. The van der Waals surface area contributed by atoms with Crippen LogP contribution in [0.15, 0.2) is 0 Å². The molecule has 1 rings (SSSR count). The summed E-state index contributed by atoms with van der Waals surface area (Å²) in [5.41, 5.74) is 0. The van der Waals surface area contributed by atoms with E-state index in [-0.39, 0.29) is 12.1 Å². The molecule has 1 aliphatic heterocycles. The lowest BCUT2D eigenvalue weighted by atomic mass is 9.91. The Bertz CT molecular complexity index is 424. The van der Waals surface area contributed by atoms with E-state index in [1.165, 1.54) is 71.1 Å². The fourth-order valence-electron chi connectivity index (χ4n) is 4.28. The minimum atomic E-state index is -0.158. The van der Waals surface area contributed by atoms with Crippen LogP contribution in [0.3, 0.4) is 0 Å². The molecular formula is C23H43NO3. The summed E-state index contributed by atoms with van der Waals surface area (Å²) in [6.07, 6.45) is 17.2. The van der Waals surface area contributed by atoms with Gasteiger partial charge in [0, 0.05) is 25.4 Å². The van der Waals surface area contributed by atoms with Crippen LogP contribution in [0.1, 0.15) is 111 Å². The van der Waals surface area contributed by atoms with Crippen LogP contribution in [0.4, 0.5) is 0 Å². The fraction of sp³-hybridized carbons (Fsp3) is 0.913. The minimum Gasteiger partial charge on any atom is -0.461 e. The van der Waals surface area contributed by atoms with Crippen LogP contribution >= 0.6 is 0 Å². The number of likely N-dealkylation sites (N-methyl/N-ethyl adjacent to an activating group) is 1. The van der Waals surface area contributed by atoms with E-state index in [9.17, 15) is 9.59 Å². The van der Waals surface area contributed by atoms with E-state index in [1.807, 2.05) is 0 Å². The number of Topliss-reactive ketones (excluding diaryl/α,β-unsaturated/α-hetero) is 1. The first-order valence-corrected chi connectivity index (χ1v) is 11.3. The molecule has 27 heavy (non-hydrogen) atoms. The van der Waals surface area contributed by atoms with Gasteiger partial charge in [0.1, 0.15) is 11.9 Å². The predicted octanol–water partition coefficient (Wildman–Crippen LogP) is 5.67. The number of hydrogen-bond acceptors (Lipinski definition) is 4. The molecule has 0 unspecified atom stereocenters. The minimum absolute atomic E-state index is 0.0613. The molecule has 1 heterocycles. The molecule has 3 atom stereocenters. The van der Waals surface area contributed by atoms with Crippen LogP contribution in [0, 0.1) is 0 Å². The number of ether oxygens (including phenoxy) is 1.